The van der Waals surface area contributed by atoms with Crippen molar-refractivity contribution in [3.8, 4) is 0 Å². The highest BCUT2D eigenvalue weighted by Crippen LogP contribution is 2.30. The van der Waals surface area contributed by atoms with Crippen molar-refractivity contribution in [3.63, 3.8) is 0 Å². The van der Waals surface area contributed by atoms with Crippen LogP contribution < -0.4 is 0 Å². The molecule has 0 radical (unpaired) electrons. The first-order chi connectivity index (χ1) is 9.04. The molecule has 1 atom stereocenters. The molecule has 102 valence electrons. The van der Waals surface area contributed by atoms with Gasteiger partial charge < -0.3 is 5.11 Å². The van der Waals surface area contributed by atoms with Crippen molar-refractivity contribution >= 4 is 15.9 Å². The van der Waals surface area contributed by atoms with Gasteiger partial charge in [-0.05, 0) is 34.5 Å². The predicted octanol–water partition coefficient (Wildman–Crippen LogP) is 3.68. The lowest BCUT2D eigenvalue weighted by atomic mass is 10.0. The molecule has 0 fully saturated rings. The van der Waals surface area contributed by atoms with Gasteiger partial charge in [0, 0.05) is 12.1 Å². The summed E-state index contributed by atoms with van der Waals surface area (Å²) >= 11 is 3.31. The number of aliphatic hydroxyl groups is 1. The van der Waals surface area contributed by atoms with Crippen LogP contribution in [0.3, 0.4) is 0 Å². The normalized spacial score (nSPS) is 12.9. The zero-order valence-electron chi connectivity index (χ0n) is 10.2. The number of aryl methyl sites for hydroxylation is 1. The molecule has 0 aliphatic rings. The van der Waals surface area contributed by atoms with Crippen molar-refractivity contribution in [3.05, 3.63) is 51.8 Å². The zero-order chi connectivity index (χ0) is 14.0. The molecule has 0 aliphatic carbocycles. The van der Waals surface area contributed by atoms with E-state index >= 15 is 0 Å². The van der Waals surface area contributed by atoms with Gasteiger partial charge in [0.25, 0.3) is 6.43 Å². The van der Waals surface area contributed by atoms with Crippen LogP contribution in [0.2, 0.25) is 0 Å². The molecule has 0 saturated heterocycles. The first kappa shape index (κ1) is 14.1. The lowest BCUT2D eigenvalue weighted by Gasteiger charge is -2.14. The van der Waals surface area contributed by atoms with Crippen LogP contribution in [0.25, 0.3) is 0 Å². The Morgan fingerprint density at radius 3 is 2.68 bits per heavy atom. The number of aliphatic hydroxyl groups excluding tert-OH is 1. The van der Waals surface area contributed by atoms with Crippen LogP contribution in [-0.2, 0) is 6.54 Å². The molecule has 1 N–H and O–H groups in total. The van der Waals surface area contributed by atoms with Gasteiger partial charge in [0.15, 0.2) is 0 Å². The van der Waals surface area contributed by atoms with E-state index in [0.717, 1.165) is 0 Å². The second-order valence-corrected chi connectivity index (χ2v) is 4.92. The van der Waals surface area contributed by atoms with Gasteiger partial charge in [-0.25, -0.2) is 8.78 Å². The molecule has 0 amide bonds. The molecule has 19 heavy (non-hydrogen) atoms. The van der Waals surface area contributed by atoms with Gasteiger partial charge in [0.2, 0.25) is 0 Å². The molecule has 3 nitrogen and oxygen atoms in total. The van der Waals surface area contributed by atoms with E-state index in [2.05, 4.69) is 21.0 Å². The zero-order valence-corrected chi connectivity index (χ0v) is 11.8. The fraction of sp³-hybridized carbons (Fsp3) is 0.308. The number of nitrogens with zero attached hydrogens (tertiary/aromatic N) is 2. The minimum Gasteiger partial charge on any atom is -0.382 e. The summed E-state index contributed by atoms with van der Waals surface area (Å²) in [6.07, 6.45) is -1.96. The third-order valence-corrected chi connectivity index (χ3v) is 3.48. The lowest BCUT2D eigenvalue weighted by molar-refractivity contribution is 0.150. The van der Waals surface area contributed by atoms with Crippen molar-refractivity contribution in [1.82, 2.24) is 9.78 Å². The summed E-state index contributed by atoms with van der Waals surface area (Å²) in [6, 6.07) is 5.79. The van der Waals surface area contributed by atoms with Crippen LogP contribution in [0.1, 0.15) is 36.3 Å². The molecule has 0 bridgehead atoms. The Morgan fingerprint density at radius 1 is 1.37 bits per heavy atom. The monoisotopic (exact) mass is 330 g/mol. The average Bonchev–Trinajstić information content (AvgIpc) is 2.79. The van der Waals surface area contributed by atoms with Gasteiger partial charge in [0.05, 0.1) is 16.4 Å². The number of alkyl halides is 2. The molecular formula is C13H13BrF2N2O. The van der Waals surface area contributed by atoms with E-state index in [-0.39, 0.29) is 5.56 Å². The first-order valence-electron chi connectivity index (χ1n) is 5.81. The Bertz CT molecular complexity index is 572. The Morgan fingerprint density at radius 2 is 2.05 bits per heavy atom. The Labute approximate surface area is 118 Å². The third kappa shape index (κ3) is 2.84. The van der Waals surface area contributed by atoms with Gasteiger partial charge in [-0.3, -0.25) is 4.68 Å². The molecule has 2 rings (SSSR count). The topological polar surface area (TPSA) is 38.0 Å². The quantitative estimate of drug-likeness (QED) is 0.928. The molecule has 2 aromatic rings. The lowest BCUT2D eigenvalue weighted by Crippen LogP contribution is -2.10. The number of hydrogen-bond acceptors (Lipinski definition) is 2. The average molecular weight is 331 g/mol. The van der Waals surface area contributed by atoms with E-state index in [0.29, 0.717) is 22.3 Å². The minimum atomic E-state index is -2.55. The maximum Gasteiger partial charge on any atom is 0.263 e. The van der Waals surface area contributed by atoms with Crippen molar-refractivity contribution in [2.24, 2.45) is 0 Å². The van der Waals surface area contributed by atoms with Crippen molar-refractivity contribution in [1.29, 1.82) is 0 Å². The van der Waals surface area contributed by atoms with Gasteiger partial charge in [-0.2, -0.15) is 5.10 Å². The summed E-state index contributed by atoms with van der Waals surface area (Å²) in [5.74, 6) is 0. The number of hydrogen-bond donors (Lipinski definition) is 1. The van der Waals surface area contributed by atoms with E-state index in [1.54, 1.807) is 16.9 Å². The van der Waals surface area contributed by atoms with Crippen molar-refractivity contribution in [2.75, 3.05) is 0 Å². The van der Waals surface area contributed by atoms with Crippen LogP contribution in [0.15, 0.2) is 34.9 Å². The minimum absolute atomic E-state index is 0.102. The van der Waals surface area contributed by atoms with E-state index in [9.17, 15) is 13.9 Å². The molecular weight excluding hydrogens is 318 g/mol. The van der Waals surface area contributed by atoms with Crippen LogP contribution in [0.4, 0.5) is 8.78 Å². The molecule has 6 heteroatoms. The van der Waals surface area contributed by atoms with Gasteiger partial charge in [-0.1, -0.05) is 18.2 Å². The Hall–Kier alpha value is -1.27. The molecule has 1 aromatic carbocycles. The fourth-order valence-corrected chi connectivity index (χ4v) is 2.43. The highest BCUT2D eigenvalue weighted by molar-refractivity contribution is 9.10. The Kier molecular flexibility index (Phi) is 4.31. The first-order valence-corrected chi connectivity index (χ1v) is 6.61. The molecule has 0 spiro atoms. The molecule has 0 aliphatic heterocycles. The largest absolute Gasteiger partial charge is 0.382 e. The number of rotatable bonds is 4. The fourth-order valence-electron chi connectivity index (χ4n) is 1.92. The van der Waals surface area contributed by atoms with E-state index in [1.807, 2.05) is 6.92 Å². The molecule has 1 aromatic heterocycles. The number of aromatic nitrogens is 2. The second kappa shape index (κ2) is 5.79. The summed E-state index contributed by atoms with van der Waals surface area (Å²) < 4.78 is 27.6. The van der Waals surface area contributed by atoms with Gasteiger partial charge >= 0.3 is 0 Å². The smallest absolute Gasteiger partial charge is 0.263 e. The third-order valence-electron chi connectivity index (χ3n) is 2.87. The van der Waals surface area contributed by atoms with Crippen molar-refractivity contribution in [2.45, 2.75) is 26.0 Å². The summed E-state index contributed by atoms with van der Waals surface area (Å²) in [5, 5.41) is 14.4. The predicted molar refractivity (Wildman–Crippen MR) is 71.1 cm³/mol. The molecule has 1 unspecified atom stereocenters. The van der Waals surface area contributed by atoms with Crippen LogP contribution >= 0.6 is 15.9 Å². The molecule has 1 heterocycles. The van der Waals surface area contributed by atoms with Crippen molar-refractivity contribution < 1.29 is 13.9 Å². The van der Waals surface area contributed by atoms with E-state index < -0.39 is 12.5 Å². The highest BCUT2D eigenvalue weighted by atomic mass is 79.9. The second-order valence-electron chi connectivity index (χ2n) is 4.07. The Balaban J connectivity index is 2.41. The van der Waals surface area contributed by atoms with Crippen LogP contribution in [-0.4, -0.2) is 14.9 Å². The van der Waals surface area contributed by atoms with Crippen LogP contribution in [0.5, 0.6) is 0 Å². The highest BCUT2D eigenvalue weighted by Gasteiger charge is 2.20. The summed E-state index contributed by atoms with van der Waals surface area (Å²) in [6.45, 7) is 2.48. The summed E-state index contributed by atoms with van der Waals surface area (Å²) in [5.41, 5.74) is 0.887. The van der Waals surface area contributed by atoms with Gasteiger partial charge in [-0.15, -0.1) is 0 Å². The SMILES string of the molecule is CCn1ncc(Br)c1C(O)c1cccc(C(F)F)c1. The molecule has 0 saturated carbocycles. The number of halogens is 3. The summed E-state index contributed by atoms with van der Waals surface area (Å²) in [4.78, 5) is 0. The number of benzene rings is 1. The maximum absolute atomic E-state index is 12.7. The summed E-state index contributed by atoms with van der Waals surface area (Å²) in [7, 11) is 0. The maximum atomic E-state index is 12.7. The van der Waals surface area contributed by atoms with Crippen LogP contribution in [0, 0.1) is 0 Å². The van der Waals surface area contributed by atoms with E-state index in [4.69, 9.17) is 0 Å². The standard InChI is InChI=1S/C13H13BrF2N2O/c1-2-18-11(10(14)7-17-18)12(19)8-4-3-5-9(6-8)13(15)16/h3-7,12-13,19H,2H2,1H3. The van der Waals surface area contributed by atoms with Gasteiger partial charge in [0.1, 0.15) is 6.10 Å². The van der Waals surface area contributed by atoms with E-state index in [1.165, 1.54) is 18.2 Å².